The zero-order chi connectivity index (χ0) is 11.0. The third-order valence-corrected chi connectivity index (χ3v) is 2.63. The zero-order valence-corrected chi connectivity index (χ0v) is 9.07. The molecule has 0 aliphatic carbocycles. The molecule has 0 fully saturated rings. The highest BCUT2D eigenvalue weighted by molar-refractivity contribution is 6.31. The molecule has 0 amide bonds. The summed E-state index contributed by atoms with van der Waals surface area (Å²) >= 11 is 5.89. The van der Waals surface area contributed by atoms with E-state index < -0.39 is 6.10 Å². The Bertz CT molecular complexity index is 495. The van der Waals surface area contributed by atoms with E-state index in [0.717, 1.165) is 11.0 Å². The summed E-state index contributed by atoms with van der Waals surface area (Å²) in [4.78, 5) is 4.30. The van der Waals surface area contributed by atoms with Crippen LogP contribution in [0.3, 0.4) is 0 Å². The highest BCUT2D eigenvalue weighted by atomic mass is 35.5. The molecule has 1 unspecified atom stereocenters. The van der Waals surface area contributed by atoms with E-state index in [1.807, 2.05) is 19.2 Å². The number of nitrogens with two attached hydrogens (primary N) is 1. The van der Waals surface area contributed by atoms with Crippen LogP contribution < -0.4 is 5.73 Å². The Morgan fingerprint density at radius 3 is 3.00 bits per heavy atom. The predicted octanol–water partition coefficient (Wildman–Crippen LogP) is 1.22. The molecule has 4 nitrogen and oxygen atoms in total. The van der Waals surface area contributed by atoms with Gasteiger partial charge in [0.15, 0.2) is 0 Å². The van der Waals surface area contributed by atoms with Crippen LogP contribution in [-0.4, -0.2) is 21.2 Å². The smallest absolute Gasteiger partial charge is 0.139 e. The van der Waals surface area contributed by atoms with Crippen LogP contribution in [0.2, 0.25) is 5.02 Å². The summed E-state index contributed by atoms with van der Waals surface area (Å²) in [6.45, 7) is 0.158. The van der Waals surface area contributed by atoms with Crippen molar-refractivity contribution in [2.45, 2.75) is 6.10 Å². The number of halogens is 1. The van der Waals surface area contributed by atoms with E-state index in [9.17, 15) is 5.11 Å². The van der Waals surface area contributed by atoms with Gasteiger partial charge >= 0.3 is 0 Å². The lowest BCUT2D eigenvalue weighted by molar-refractivity contribution is 0.174. The molecule has 0 saturated heterocycles. The standard InChI is InChI=1S/C10H12ClN3O/c1-14-8-4-6(11)2-3-7(8)13-10(14)9(15)5-12/h2-4,9,15H,5,12H2,1H3. The summed E-state index contributed by atoms with van der Waals surface area (Å²) in [5.74, 6) is 0.565. The van der Waals surface area contributed by atoms with Gasteiger partial charge in [-0.3, -0.25) is 0 Å². The van der Waals surface area contributed by atoms with Crippen LogP contribution in [0.25, 0.3) is 11.0 Å². The molecule has 1 aromatic carbocycles. The molecular weight excluding hydrogens is 214 g/mol. The molecule has 0 bridgehead atoms. The molecule has 3 N–H and O–H groups in total. The van der Waals surface area contributed by atoms with Gasteiger partial charge in [-0.1, -0.05) is 11.6 Å². The molecule has 2 aromatic rings. The van der Waals surface area contributed by atoms with Crippen LogP contribution >= 0.6 is 11.6 Å². The molecule has 15 heavy (non-hydrogen) atoms. The van der Waals surface area contributed by atoms with E-state index in [0.29, 0.717) is 10.8 Å². The molecule has 2 rings (SSSR count). The fourth-order valence-corrected chi connectivity index (χ4v) is 1.75. The Hall–Kier alpha value is -1.10. The second-order valence-electron chi connectivity index (χ2n) is 3.41. The second-order valence-corrected chi connectivity index (χ2v) is 3.85. The summed E-state index contributed by atoms with van der Waals surface area (Å²) in [7, 11) is 1.83. The topological polar surface area (TPSA) is 64.1 Å². The Labute approximate surface area is 92.3 Å². The summed E-state index contributed by atoms with van der Waals surface area (Å²) in [6.07, 6.45) is -0.735. The first kappa shape index (κ1) is 10.4. The molecule has 0 aliphatic heterocycles. The maximum atomic E-state index is 9.64. The van der Waals surface area contributed by atoms with E-state index in [-0.39, 0.29) is 6.54 Å². The fourth-order valence-electron chi connectivity index (χ4n) is 1.59. The van der Waals surface area contributed by atoms with Crippen molar-refractivity contribution < 1.29 is 5.11 Å². The average molecular weight is 226 g/mol. The van der Waals surface area contributed by atoms with Crippen LogP contribution in [0.1, 0.15) is 11.9 Å². The highest BCUT2D eigenvalue weighted by Gasteiger charge is 2.14. The Morgan fingerprint density at radius 2 is 2.33 bits per heavy atom. The molecule has 1 heterocycles. The largest absolute Gasteiger partial charge is 0.384 e. The summed E-state index contributed by atoms with van der Waals surface area (Å²) in [5.41, 5.74) is 7.10. The zero-order valence-electron chi connectivity index (χ0n) is 8.31. The lowest BCUT2D eigenvalue weighted by atomic mass is 10.3. The van der Waals surface area contributed by atoms with Gasteiger partial charge in [0, 0.05) is 18.6 Å². The highest BCUT2D eigenvalue weighted by Crippen LogP contribution is 2.22. The van der Waals surface area contributed by atoms with Crippen molar-refractivity contribution >= 4 is 22.6 Å². The number of aliphatic hydroxyl groups excluding tert-OH is 1. The van der Waals surface area contributed by atoms with Gasteiger partial charge < -0.3 is 15.4 Å². The van der Waals surface area contributed by atoms with Crippen LogP contribution in [0.15, 0.2) is 18.2 Å². The number of rotatable bonds is 2. The molecule has 1 aromatic heterocycles. The normalized spacial score (nSPS) is 13.3. The number of hydrogen-bond acceptors (Lipinski definition) is 3. The maximum Gasteiger partial charge on any atom is 0.139 e. The number of fused-ring (bicyclic) bond motifs is 1. The van der Waals surface area contributed by atoms with E-state index in [2.05, 4.69) is 4.98 Å². The number of benzene rings is 1. The van der Waals surface area contributed by atoms with Crippen molar-refractivity contribution in [1.82, 2.24) is 9.55 Å². The van der Waals surface area contributed by atoms with Gasteiger partial charge in [0.2, 0.25) is 0 Å². The van der Waals surface area contributed by atoms with Gasteiger partial charge in [0.1, 0.15) is 11.9 Å². The number of aliphatic hydroxyl groups is 1. The van der Waals surface area contributed by atoms with E-state index >= 15 is 0 Å². The van der Waals surface area contributed by atoms with E-state index in [1.165, 1.54) is 0 Å². The monoisotopic (exact) mass is 225 g/mol. The van der Waals surface area contributed by atoms with Gasteiger partial charge in [-0.2, -0.15) is 0 Å². The molecule has 80 valence electrons. The van der Waals surface area contributed by atoms with Gasteiger partial charge in [-0.05, 0) is 18.2 Å². The van der Waals surface area contributed by atoms with Crippen LogP contribution in [0, 0.1) is 0 Å². The van der Waals surface area contributed by atoms with Crippen LogP contribution in [0.5, 0.6) is 0 Å². The SMILES string of the molecule is Cn1c(C(O)CN)nc2ccc(Cl)cc21. The van der Waals surface area contributed by atoms with E-state index in [4.69, 9.17) is 17.3 Å². The summed E-state index contributed by atoms with van der Waals surface area (Å²) < 4.78 is 1.80. The predicted molar refractivity (Wildman–Crippen MR) is 59.7 cm³/mol. The molecule has 0 radical (unpaired) electrons. The van der Waals surface area contributed by atoms with Gasteiger partial charge in [-0.15, -0.1) is 0 Å². The minimum absolute atomic E-state index is 0.158. The third-order valence-electron chi connectivity index (χ3n) is 2.40. The van der Waals surface area contributed by atoms with Gasteiger partial charge in [-0.25, -0.2) is 4.98 Å². The third kappa shape index (κ3) is 1.71. The van der Waals surface area contributed by atoms with Crippen molar-refractivity contribution in [3.8, 4) is 0 Å². The Balaban J connectivity index is 2.64. The average Bonchev–Trinajstić information content (AvgIpc) is 2.55. The second kappa shape index (κ2) is 3.81. The Kier molecular flexibility index (Phi) is 2.65. The maximum absolute atomic E-state index is 9.64. The molecule has 1 atom stereocenters. The van der Waals surface area contributed by atoms with Crippen molar-refractivity contribution in [3.05, 3.63) is 29.0 Å². The minimum Gasteiger partial charge on any atom is -0.384 e. The fraction of sp³-hybridized carbons (Fsp3) is 0.300. The first-order chi connectivity index (χ1) is 7.13. The van der Waals surface area contributed by atoms with E-state index in [1.54, 1.807) is 10.6 Å². The van der Waals surface area contributed by atoms with Gasteiger partial charge in [0.25, 0.3) is 0 Å². The minimum atomic E-state index is -0.735. The van der Waals surface area contributed by atoms with Crippen molar-refractivity contribution in [3.63, 3.8) is 0 Å². The van der Waals surface area contributed by atoms with Crippen molar-refractivity contribution in [2.75, 3.05) is 6.54 Å². The van der Waals surface area contributed by atoms with Crippen LogP contribution in [0.4, 0.5) is 0 Å². The van der Waals surface area contributed by atoms with Crippen LogP contribution in [-0.2, 0) is 7.05 Å². The number of hydrogen-bond donors (Lipinski definition) is 2. The molecule has 0 aliphatic rings. The molecule has 5 heteroatoms. The molecular formula is C10H12ClN3O. The first-order valence-electron chi connectivity index (χ1n) is 4.63. The quantitative estimate of drug-likeness (QED) is 0.808. The summed E-state index contributed by atoms with van der Waals surface area (Å²) in [5, 5.41) is 10.3. The molecule has 0 spiro atoms. The van der Waals surface area contributed by atoms with Crippen molar-refractivity contribution in [1.29, 1.82) is 0 Å². The number of aromatic nitrogens is 2. The summed E-state index contributed by atoms with van der Waals surface area (Å²) in [6, 6.07) is 5.41. The number of nitrogens with zero attached hydrogens (tertiary/aromatic N) is 2. The Morgan fingerprint density at radius 1 is 1.60 bits per heavy atom. The lowest BCUT2D eigenvalue weighted by Gasteiger charge is -2.07. The molecule has 0 saturated carbocycles. The van der Waals surface area contributed by atoms with Crippen molar-refractivity contribution in [2.24, 2.45) is 12.8 Å². The number of aryl methyl sites for hydroxylation is 1. The lowest BCUT2D eigenvalue weighted by Crippen LogP contribution is -2.15. The first-order valence-corrected chi connectivity index (χ1v) is 5.01. The van der Waals surface area contributed by atoms with Gasteiger partial charge in [0.05, 0.1) is 11.0 Å². The number of imidazole rings is 1.